The second kappa shape index (κ2) is 9.09. The van der Waals surface area contributed by atoms with Gasteiger partial charge in [-0.05, 0) is 67.3 Å². The van der Waals surface area contributed by atoms with Crippen molar-refractivity contribution >= 4 is 32.5 Å². The van der Waals surface area contributed by atoms with Gasteiger partial charge < -0.3 is 4.98 Å². The average Bonchev–Trinajstić information content (AvgIpc) is 2.79. The van der Waals surface area contributed by atoms with Crippen LogP contribution in [0.5, 0.6) is 0 Å². The number of nitrogens with one attached hydrogen (secondary N) is 1. The van der Waals surface area contributed by atoms with E-state index in [4.69, 9.17) is 11.6 Å². The fourth-order valence-corrected chi connectivity index (χ4v) is 5.73. The van der Waals surface area contributed by atoms with Gasteiger partial charge in [0.15, 0.2) is 0 Å². The quantitative estimate of drug-likeness (QED) is 0.425. The SMILES string of the molecule is Cc1ccc(Cl)cc1S(=O)(=O)N(Cc1cccnc1)Cc1cc2c(C)ccc(C)c2[nH]c1=O. The van der Waals surface area contributed by atoms with E-state index in [9.17, 15) is 13.2 Å². The van der Waals surface area contributed by atoms with Gasteiger partial charge >= 0.3 is 0 Å². The highest BCUT2D eigenvalue weighted by molar-refractivity contribution is 7.89. The highest BCUT2D eigenvalue weighted by Gasteiger charge is 2.28. The molecule has 4 rings (SSSR count). The number of rotatable bonds is 6. The largest absolute Gasteiger partial charge is 0.321 e. The molecule has 2 aromatic heterocycles. The van der Waals surface area contributed by atoms with E-state index in [2.05, 4.69) is 9.97 Å². The molecule has 6 nitrogen and oxygen atoms in total. The molecule has 0 saturated carbocycles. The Morgan fingerprint density at radius 2 is 1.70 bits per heavy atom. The van der Waals surface area contributed by atoms with E-state index in [1.54, 1.807) is 49.6 Å². The van der Waals surface area contributed by atoms with Crippen LogP contribution in [0.15, 0.2) is 70.6 Å². The Morgan fingerprint density at radius 1 is 0.970 bits per heavy atom. The Morgan fingerprint density at radius 3 is 2.42 bits per heavy atom. The number of sulfonamides is 1. The van der Waals surface area contributed by atoms with E-state index in [1.807, 2.05) is 26.0 Å². The molecule has 0 saturated heterocycles. The van der Waals surface area contributed by atoms with Crippen LogP contribution >= 0.6 is 11.6 Å². The first-order valence-electron chi connectivity index (χ1n) is 10.4. The number of hydrogen-bond acceptors (Lipinski definition) is 4. The van der Waals surface area contributed by atoms with Crippen LogP contribution < -0.4 is 5.56 Å². The summed E-state index contributed by atoms with van der Waals surface area (Å²) in [6, 6.07) is 14.0. The first kappa shape index (κ1) is 23.2. The zero-order valence-corrected chi connectivity index (χ0v) is 20.2. The Bertz CT molecular complexity index is 1500. The predicted molar refractivity (Wildman–Crippen MR) is 131 cm³/mol. The van der Waals surface area contributed by atoms with Crippen molar-refractivity contribution in [2.45, 2.75) is 38.8 Å². The molecule has 33 heavy (non-hydrogen) atoms. The van der Waals surface area contributed by atoms with Gasteiger partial charge in [-0.3, -0.25) is 9.78 Å². The van der Waals surface area contributed by atoms with Gasteiger partial charge in [0.25, 0.3) is 5.56 Å². The van der Waals surface area contributed by atoms with Crippen LogP contribution in [0.2, 0.25) is 5.02 Å². The summed E-state index contributed by atoms with van der Waals surface area (Å²) in [4.78, 5) is 20.1. The summed E-state index contributed by atoms with van der Waals surface area (Å²) < 4.78 is 28.8. The van der Waals surface area contributed by atoms with Gasteiger partial charge in [-0.15, -0.1) is 0 Å². The fourth-order valence-electron chi connectivity index (χ4n) is 3.84. The molecule has 0 aliphatic rings. The molecule has 2 aromatic carbocycles. The highest BCUT2D eigenvalue weighted by atomic mass is 35.5. The lowest BCUT2D eigenvalue weighted by molar-refractivity contribution is 0.399. The summed E-state index contributed by atoms with van der Waals surface area (Å²) >= 11 is 6.12. The maximum absolute atomic E-state index is 13.7. The van der Waals surface area contributed by atoms with Crippen molar-refractivity contribution in [3.8, 4) is 0 Å². The highest BCUT2D eigenvalue weighted by Crippen LogP contribution is 2.27. The van der Waals surface area contributed by atoms with Gasteiger partial charge in [0.2, 0.25) is 10.0 Å². The van der Waals surface area contributed by atoms with E-state index >= 15 is 0 Å². The van der Waals surface area contributed by atoms with Crippen molar-refractivity contribution in [1.82, 2.24) is 14.3 Å². The van der Waals surface area contributed by atoms with Gasteiger partial charge in [0.1, 0.15) is 0 Å². The minimum absolute atomic E-state index is 0.0619. The lowest BCUT2D eigenvalue weighted by atomic mass is 10.0. The van der Waals surface area contributed by atoms with Crippen LogP contribution in [-0.4, -0.2) is 22.7 Å². The first-order chi connectivity index (χ1) is 15.7. The molecule has 170 valence electrons. The van der Waals surface area contributed by atoms with Gasteiger partial charge in [0.05, 0.1) is 10.4 Å². The number of hydrogen-bond donors (Lipinski definition) is 1. The minimum Gasteiger partial charge on any atom is -0.321 e. The minimum atomic E-state index is -3.97. The smallest absolute Gasteiger partial charge is 0.252 e. The number of fused-ring (bicyclic) bond motifs is 1. The molecule has 4 aromatic rings. The number of H-pyrrole nitrogens is 1. The van der Waals surface area contributed by atoms with Crippen molar-refractivity contribution in [2.75, 3.05) is 0 Å². The van der Waals surface area contributed by atoms with Crippen molar-refractivity contribution in [3.05, 3.63) is 104 Å². The topological polar surface area (TPSA) is 83.1 Å². The predicted octanol–water partition coefficient (Wildman–Crippen LogP) is 4.89. The maximum Gasteiger partial charge on any atom is 0.252 e. The lowest BCUT2D eigenvalue weighted by Crippen LogP contribution is -2.33. The number of nitrogens with zero attached hydrogens (tertiary/aromatic N) is 2. The second-order valence-electron chi connectivity index (χ2n) is 8.16. The zero-order chi connectivity index (χ0) is 23.8. The maximum atomic E-state index is 13.7. The number of pyridine rings is 2. The summed E-state index contributed by atoms with van der Waals surface area (Å²) in [5, 5.41) is 1.22. The molecular weight excluding hydrogens is 458 g/mol. The zero-order valence-electron chi connectivity index (χ0n) is 18.6. The van der Waals surface area contributed by atoms with Gasteiger partial charge in [0, 0.05) is 41.5 Å². The second-order valence-corrected chi connectivity index (χ2v) is 10.5. The van der Waals surface area contributed by atoms with Crippen LogP contribution in [0.3, 0.4) is 0 Å². The number of aromatic nitrogens is 2. The molecule has 2 heterocycles. The van der Waals surface area contributed by atoms with E-state index in [0.29, 0.717) is 21.7 Å². The van der Waals surface area contributed by atoms with Crippen LogP contribution in [0, 0.1) is 20.8 Å². The van der Waals surface area contributed by atoms with Gasteiger partial charge in [-0.1, -0.05) is 35.9 Å². The lowest BCUT2D eigenvalue weighted by Gasteiger charge is -2.23. The average molecular weight is 482 g/mol. The molecule has 0 unspecified atom stereocenters. The van der Waals surface area contributed by atoms with Crippen molar-refractivity contribution in [1.29, 1.82) is 0 Å². The summed E-state index contributed by atoms with van der Waals surface area (Å²) in [5.74, 6) is 0. The number of benzene rings is 2. The monoisotopic (exact) mass is 481 g/mol. The summed E-state index contributed by atoms with van der Waals surface area (Å²) in [5.41, 5.74) is 4.05. The number of aryl methyl sites for hydroxylation is 3. The number of aromatic amines is 1. The molecule has 0 aliphatic heterocycles. The molecule has 0 radical (unpaired) electrons. The van der Waals surface area contributed by atoms with Crippen molar-refractivity contribution in [2.24, 2.45) is 0 Å². The van der Waals surface area contributed by atoms with Crippen LogP contribution in [-0.2, 0) is 23.1 Å². The van der Waals surface area contributed by atoms with E-state index < -0.39 is 10.0 Å². The van der Waals surface area contributed by atoms with Gasteiger partial charge in [-0.25, -0.2) is 8.42 Å². The molecule has 0 fully saturated rings. The van der Waals surface area contributed by atoms with E-state index in [-0.39, 0.29) is 23.5 Å². The summed E-state index contributed by atoms with van der Waals surface area (Å²) in [6.07, 6.45) is 3.24. The third kappa shape index (κ3) is 4.71. The molecule has 0 spiro atoms. The third-order valence-corrected chi connectivity index (χ3v) is 7.89. The Labute approximate surface area is 197 Å². The van der Waals surface area contributed by atoms with E-state index in [1.165, 1.54) is 10.4 Å². The number of halogens is 1. The fraction of sp³-hybridized carbons (Fsp3) is 0.200. The van der Waals surface area contributed by atoms with Crippen LogP contribution in [0.1, 0.15) is 27.8 Å². The standard InChI is InChI=1S/C25H24ClN3O3S/c1-16-6-7-18(3)24-22(16)11-20(25(30)28-24)15-29(14-19-5-4-10-27-13-19)33(31,32)23-12-21(26)9-8-17(23)2/h4-13H,14-15H2,1-3H3,(H,28,30). The Kier molecular flexibility index (Phi) is 6.38. The van der Waals surface area contributed by atoms with Crippen molar-refractivity contribution < 1.29 is 8.42 Å². The summed E-state index contributed by atoms with van der Waals surface area (Å²) in [6.45, 7) is 5.58. The van der Waals surface area contributed by atoms with Gasteiger partial charge in [-0.2, -0.15) is 4.31 Å². The van der Waals surface area contributed by atoms with Crippen LogP contribution in [0.4, 0.5) is 0 Å². The van der Waals surface area contributed by atoms with Crippen molar-refractivity contribution in [3.63, 3.8) is 0 Å². The third-order valence-electron chi connectivity index (χ3n) is 5.72. The molecule has 8 heteroatoms. The molecule has 0 bridgehead atoms. The first-order valence-corrected chi connectivity index (χ1v) is 12.3. The molecule has 0 atom stereocenters. The molecule has 0 amide bonds. The molecule has 1 N–H and O–H groups in total. The normalized spacial score (nSPS) is 11.9. The Balaban J connectivity index is 1.84. The van der Waals surface area contributed by atoms with E-state index in [0.717, 1.165) is 22.0 Å². The van der Waals surface area contributed by atoms with Crippen LogP contribution in [0.25, 0.3) is 10.9 Å². The summed E-state index contributed by atoms with van der Waals surface area (Å²) in [7, 11) is -3.97. The Hall–Kier alpha value is -3.00. The molecular formula is C25H24ClN3O3S. The molecule has 0 aliphatic carbocycles.